The Kier molecular flexibility index (Phi) is 4.98. The molecule has 0 N–H and O–H groups in total. The zero-order valence-corrected chi connectivity index (χ0v) is 16.5. The average molecular weight is 339 g/mol. The molecule has 0 aliphatic heterocycles. The van der Waals surface area contributed by atoms with Gasteiger partial charge in [-0.05, 0) is 55.4 Å². The molecular weight excluding hydrogens is 308 g/mol. The Hall–Kier alpha value is -1.38. The van der Waals surface area contributed by atoms with E-state index in [9.17, 15) is 0 Å². The molecule has 1 aromatic rings. The molecule has 2 unspecified atom stereocenters. The van der Waals surface area contributed by atoms with Gasteiger partial charge in [0.1, 0.15) is 0 Å². The Bertz CT molecular complexity index is 677. The van der Waals surface area contributed by atoms with E-state index in [2.05, 4.69) is 81.2 Å². The van der Waals surface area contributed by atoms with Gasteiger partial charge in [0, 0.05) is 12.5 Å². The summed E-state index contributed by atoms with van der Waals surface area (Å²) in [6.07, 6.45) is 15.0. The summed E-state index contributed by atoms with van der Waals surface area (Å²) in [6.45, 7) is 10.2. The van der Waals surface area contributed by atoms with E-state index in [-0.39, 0.29) is 5.41 Å². The van der Waals surface area contributed by atoms with E-state index < -0.39 is 8.32 Å². The lowest BCUT2D eigenvalue weighted by Crippen LogP contribution is -2.29. The first-order chi connectivity index (χ1) is 11.4. The number of hydrogen-bond acceptors (Lipinski definition) is 1. The monoisotopic (exact) mass is 338 g/mol. The molecule has 0 heterocycles. The number of rotatable bonds is 7. The van der Waals surface area contributed by atoms with E-state index in [1.807, 2.05) is 0 Å². The van der Waals surface area contributed by atoms with Crippen molar-refractivity contribution in [2.45, 2.75) is 51.7 Å². The van der Waals surface area contributed by atoms with Gasteiger partial charge in [0.15, 0.2) is 8.32 Å². The van der Waals surface area contributed by atoms with Crippen LogP contribution in [0.2, 0.25) is 19.6 Å². The van der Waals surface area contributed by atoms with Crippen LogP contribution in [0.1, 0.15) is 43.2 Å². The lowest BCUT2D eigenvalue weighted by atomic mass is 9.66. The molecule has 0 aromatic heterocycles. The lowest BCUT2D eigenvalue weighted by molar-refractivity contribution is 0.249. The van der Waals surface area contributed by atoms with Gasteiger partial charge in [0.05, 0.1) is 0 Å². The molecule has 2 heteroatoms. The number of benzene rings is 1. The van der Waals surface area contributed by atoms with Crippen LogP contribution in [-0.4, -0.2) is 14.9 Å². The third-order valence-corrected chi connectivity index (χ3v) is 6.44. The molecule has 1 nitrogen and oxygen atoms in total. The maximum Gasteiger partial charge on any atom is 0.183 e. The van der Waals surface area contributed by atoms with Crippen LogP contribution in [0, 0.1) is 5.41 Å². The summed E-state index contributed by atoms with van der Waals surface area (Å²) < 4.78 is 6.11. The molecule has 0 amide bonds. The third kappa shape index (κ3) is 3.65. The SMILES string of the molecule is CC(CCCO[Si](C)(C)C)(C1=CC=CC1)C1C=Cc2ccccc21. The van der Waals surface area contributed by atoms with Crippen LogP contribution in [0.15, 0.2) is 54.1 Å². The topological polar surface area (TPSA) is 9.23 Å². The Morgan fingerprint density at radius 1 is 1.21 bits per heavy atom. The lowest BCUT2D eigenvalue weighted by Gasteiger charge is -2.38. The smallest absolute Gasteiger partial charge is 0.183 e. The minimum absolute atomic E-state index is 0.176. The van der Waals surface area contributed by atoms with Gasteiger partial charge in [-0.15, -0.1) is 0 Å². The predicted molar refractivity (Wildman–Crippen MR) is 107 cm³/mol. The van der Waals surface area contributed by atoms with Gasteiger partial charge >= 0.3 is 0 Å². The van der Waals surface area contributed by atoms with Crippen molar-refractivity contribution >= 4 is 14.4 Å². The van der Waals surface area contributed by atoms with Crippen molar-refractivity contribution in [1.82, 2.24) is 0 Å². The van der Waals surface area contributed by atoms with Crippen LogP contribution in [0.4, 0.5) is 0 Å². The molecule has 2 aliphatic rings. The summed E-state index contributed by atoms with van der Waals surface area (Å²) in [4.78, 5) is 0. The Morgan fingerprint density at radius 2 is 2.00 bits per heavy atom. The summed E-state index contributed by atoms with van der Waals surface area (Å²) in [5.41, 5.74) is 4.62. The molecule has 1 aromatic carbocycles. The molecule has 0 radical (unpaired) electrons. The molecule has 0 spiro atoms. The van der Waals surface area contributed by atoms with Gasteiger partial charge in [-0.2, -0.15) is 0 Å². The minimum atomic E-state index is -1.42. The van der Waals surface area contributed by atoms with Gasteiger partial charge in [-0.3, -0.25) is 0 Å². The van der Waals surface area contributed by atoms with Crippen molar-refractivity contribution in [2.24, 2.45) is 5.41 Å². The van der Waals surface area contributed by atoms with Crippen LogP contribution >= 0.6 is 0 Å². The molecule has 128 valence electrons. The zero-order chi connectivity index (χ0) is 17.2. The Balaban J connectivity index is 1.78. The summed E-state index contributed by atoms with van der Waals surface area (Å²) in [7, 11) is -1.42. The first kappa shape index (κ1) is 17.4. The molecule has 0 fully saturated rings. The number of allylic oxidation sites excluding steroid dienone is 5. The second-order valence-corrected chi connectivity index (χ2v) is 12.8. The minimum Gasteiger partial charge on any atom is -0.418 e. The second-order valence-electron chi connectivity index (χ2n) is 8.27. The summed E-state index contributed by atoms with van der Waals surface area (Å²) >= 11 is 0. The normalized spacial score (nSPS) is 21.7. The van der Waals surface area contributed by atoms with Crippen LogP contribution in [0.5, 0.6) is 0 Å². The van der Waals surface area contributed by atoms with Crippen molar-refractivity contribution in [2.75, 3.05) is 6.61 Å². The van der Waals surface area contributed by atoms with E-state index in [0.717, 1.165) is 19.4 Å². The molecule has 0 saturated heterocycles. The van der Waals surface area contributed by atoms with Gasteiger partial charge in [-0.25, -0.2) is 0 Å². The Labute approximate surface area is 148 Å². The fraction of sp³-hybridized carbons (Fsp3) is 0.455. The predicted octanol–water partition coefficient (Wildman–Crippen LogP) is 6.32. The van der Waals surface area contributed by atoms with Crippen molar-refractivity contribution in [3.63, 3.8) is 0 Å². The van der Waals surface area contributed by atoms with Crippen LogP contribution in [0.3, 0.4) is 0 Å². The van der Waals surface area contributed by atoms with E-state index >= 15 is 0 Å². The highest BCUT2D eigenvalue weighted by atomic mass is 28.4. The third-order valence-electron chi connectivity index (χ3n) is 5.37. The highest BCUT2D eigenvalue weighted by Crippen LogP contribution is 2.51. The van der Waals surface area contributed by atoms with Gasteiger partial charge in [0.2, 0.25) is 0 Å². The molecule has 2 atom stereocenters. The van der Waals surface area contributed by atoms with E-state index in [1.54, 1.807) is 5.57 Å². The fourth-order valence-corrected chi connectivity index (χ4v) is 4.77. The highest BCUT2D eigenvalue weighted by molar-refractivity contribution is 6.69. The fourth-order valence-electron chi connectivity index (χ4n) is 4.01. The Morgan fingerprint density at radius 3 is 2.71 bits per heavy atom. The van der Waals surface area contributed by atoms with Crippen LogP contribution < -0.4 is 0 Å². The van der Waals surface area contributed by atoms with Crippen molar-refractivity contribution in [3.8, 4) is 0 Å². The maximum atomic E-state index is 6.11. The first-order valence-electron chi connectivity index (χ1n) is 9.17. The van der Waals surface area contributed by atoms with Crippen molar-refractivity contribution in [3.05, 3.63) is 65.3 Å². The van der Waals surface area contributed by atoms with Crippen molar-refractivity contribution < 1.29 is 4.43 Å². The number of fused-ring (bicyclic) bond motifs is 1. The molecule has 3 rings (SSSR count). The zero-order valence-electron chi connectivity index (χ0n) is 15.5. The summed E-state index contributed by atoms with van der Waals surface area (Å²) in [6, 6.07) is 8.86. The summed E-state index contributed by atoms with van der Waals surface area (Å²) in [5.74, 6) is 0.478. The maximum absolute atomic E-state index is 6.11. The highest BCUT2D eigenvalue weighted by Gasteiger charge is 2.39. The molecule has 0 bridgehead atoms. The molecule has 24 heavy (non-hydrogen) atoms. The van der Waals surface area contributed by atoms with E-state index in [4.69, 9.17) is 4.43 Å². The molecular formula is C22H30OSi. The largest absolute Gasteiger partial charge is 0.418 e. The quantitative estimate of drug-likeness (QED) is 0.417. The number of hydrogen-bond donors (Lipinski definition) is 0. The average Bonchev–Trinajstić information content (AvgIpc) is 3.20. The standard InChI is InChI=1S/C22H30OSi/c1-22(19-11-6-7-12-19,16-9-17-23-24(2,3)4)21-15-14-18-10-5-8-13-20(18)21/h5-8,10-11,13-15,21H,9,12,16-17H2,1-4H3. The van der Waals surface area contributed by atoms with Crippen LogP contribution in [-0.2, 0) is 4.43 Å². The molecule has 0 saturated carbocycles. The summed E-state index contributed by atoms with van der Waals surface area (Å²) in [5, 5.41) is 0. The first-order valence-corrected chi connectivity index (χ1v) is 12.6. The van der Waals surface area contributed by atoms with Gasteiger partial charge < -0.3 is 4.43 Å². The van der Waals surface area contributed by atoms with Crippen LogP contribution in [0.25, 0.3) is 6.08 Å². The molecule has 2 aliphatic carbocycles. The van der Waals surface area contributed by atoms with Crippen molar-refractivity contribution in [1.29, 1.82) is 0 Å². The second kappa shape index (κ2) is 6.85. The van der Waals surface area contributed by atoms with E-state index in [0.29, 0.717) is 5.92 Å². The van der Waals surface area contributed by atoms with Gasteiger partial charge in [-0.1, -0.05) is 67.1 Å². The van der Waals surface area contributed by atoms with Gasteiger partial charge in [0.25, 0.3) is 0 Å². The van der Waals surface area contributed by atoms with E-state index in [1.165, 1.54) is 17.5 Å².